The number of halogens is 1. The summed E-state index contributed by atoms with van der Waals surface area (Å²) in [5.41, 5.74) is 1.92. The highest BCUT2D eigenvalue weighted by atomic mass is 79.9. The van der Waals surface area contributed by atoms with E-state index in [0.29, 0.717) is 28.4 Å². The van der Waals surface area contributed by atoms with Crippen LogP contribution in [0, 0.1) is 0 Å². The quantitative estimate of drug-likeness (QED) is 0.535. The molecular formula is C24H21BrN2O4. The lowest BCUT2D eigenvalue weighted by atomic mass is 9.99. The first-order chi connectivity index (χ1) is 15.0. The van der Waals surface area contributed by atoms with Crippen LogP contribution in [0.15, 0.2) is 77.3 Å². The molecule has 0 bridgehead atoms. The van der Waals surface area contributed by atoms with Crippen LogP contribution in [0.1, 0.15) is 11.6 Å². The van der Waals surface area contributed by atoms with Gasteiger partial charge in [0.05, 0.1) is 19.9 Å². The van der Waals surface area contributed by atoms with E-state index in [0.717, 1.165) is 4.47 Å². The number of anilines is 2. The van der Waals surface area contributed by atoms with Crippen molar-refractivity contribution < 1.29 is 19.1 Å². The van der Waals surface area contributed by atoms with Crippen molar-refractivity contribution in [1.29, 1.82) is 0 Å². The monoisotopic (exact) mass is 480 g/mol. The lowest BCUT2D eigenvalue weighted by molar-refractivity contribution is -0.128. The highest BCUT2D eigenvalue weighted by Crippen LogP contribution is 2.38. The first kappa shape index (κ1) is 20.9. The second-order valence-electron chi connectivity index (χ2n) is 7.01. The predicted octanol–water partition coefficient (Wildman–Crippen LogP) is 4.59. The van der Waals surface area contributed by atoms with Gasteiger partial charge in [0, 0.05) is 10.2 Å². The zero-order chi connectivity index (χ0) is 22.0. The second kappa shape index (κ2) is 8.81. The van der Waals surface area contributed by atoms with Gasteiger partial charge in [-0.3, -0.25) is 19.4 Å². The Morgan fingerprint density at radius 1 is 0.871 bits per heavy atom. The maximum atomic E-state index is 13.8. The summed E-state index contributed by atoms with van der Waals surface area (Å²) >= 11 is 3.42. The van der Waals surface area contributed by atoms with Crippen molar-refractivity contribution >= 4 is 39.1 Å². The minimum Gasteiger partial charge on any atom is -0.497 e. The van der Waals surface area contributed by atoms with Crippen molar-refractivity contribution in [2.24, 2.45) is 0 Å². The molecular weight excluding hydrogens is 460 g/mol. The first-order valence-electron chi connectivity index (χ1n) is 9.69. The van der Waals surface area contributed by atoms with E-state index in [4.69, 9.17) is 9.47 Å². The molecule has 1 unspecified atom stereocenters. The van der Waals surface area contributed by atoms with E-state index < -0.39 is 6.04 Å². The molecule has 1 aliphatic rings. The Bertz CT molecular complexity index is 1100. The third-order valence-corrected chi connectivity index (χ3v) is 5.76. The van der Waals surface area contributed by atoms with Crippen LogP contribution in [0.25, 0.3) is 0 Å². The summed E-state index contributed by atoms with van der Waals surface area (Å²) in [6.45, 7) is -0.0814. The maximum Gasteiger partial charge on any atom is 0.255 e. The fourth-order valence-electron chi connectivity index (χ4n) is 3.72. The van der Waals surface area contributed by atoms with Crippen LogP contribution in [-0.2, 0) is 9.59 Å². The number of hydrogen-bond acceptors (Lipinski definition) is 4. The molecule has 0 radical (unpaired) electrons. The number of amides is 2. The number of benzene rings is 3. The van der Waals surface area contributed by atoms with Crippen LogP contribution < -0.4 is 19.3 Å². The maximum absolute atomic E-state index is 13.8. The lowest BCUT2D eigenvalue weighted by Crippen LogP contribution is -2.56. The topological polar surface area (TPSA) is 59.1 Å². The number of ether oxygens (including phenoxy) is 2. The fourth-order valence-corrected chi connectivity index (χ4v) is 3.98. The van der Waals surface area contributed by atoms with Gasteiger partial charge in [-0.2, -0.15) is 0 Å². The average molecular weight is 481 g/mol. The largest absolute Gasteiger partial charge is 0.497 e. The number of nitrogens with zero attached hydrogens (tertiary/aromatic N) is 2. The number of hydrogen-bond donors (Lipinski definition) is 0. The predicted molar refractivity (Wildman–Crippen MR) is 123 cm³/mol. The van der Waals surface area contributed by atoms with E-state index in [9.17, 15) is 9.59 Å². The van der Waals surface area contributed by atoms with E-state index in [2.05, 4.69) is 15.9 Å². The van der Waals surface area contributed by atoms with Gasteiger partial charge in [0.2, 0.25) is 5.91 Å². The molecule has 0 aromatic heterocycles. The normalized spacial score (nSPS) is 16.4. The highest BCUT2D eigenvalue weighted by molar-refractivity contribution is 9.10. The van der Waals surface area contributed by atoms with Crippen molar-refractivity contribution in [3.8, 4) is 11.5 Å². The van der Waals surface area contributed by atoms with Gasteiger partial charge in [0.1, 0.15) is 24.1 Å². The third kappa shape index (κ3) is 4.01. The Morgan fingerprint density at radius 2 is 1.55 bits per heavy atom. The number of piperazine rings is 1. The van der Waals surface area contributed by atoms with Crippen LogP contribution in [0.2, 0.25) is 0 Å². The summed E-state index contributed by atoms with van der Waals surface area (Å²) in [5, 5.41) is 0. The molecule has 1 fully saturated rings. The average Bonchev–Trinajstić information content (AvgIpc) is 2.81. The summed E-state index contributed by atoms with van der Waals surface area (Å²) in [6, 6.07) is 20.9. The fraction of sp³-hybridized carbons (Fsp3) is 0.167. The van der Waals surface area contributed by atoms with Crippen molar-refractivity contribution in [1.82, 2.24) is 0 Å². The molecule has 1 aliphatic heterocycles. The lowest BCUT2D eigenvalue weighted by Gasteiger charge is -2.40. The molecule has 31 heavy (non-hydrogen) atoms. The summed E-state index contributed by atoms with van der Waals surface area (Å²) in [4.78, 5) is 30.2. The molecule has 0 spiro atoms. The number of methoxy groups -OCH3 is 2. The summed E-state index contributed by atoms with van der Waals surface area (Å²) < 4.78 is 11.6. The smallest absolute Gasteiger partial charge is 0.255 e. The van der Waals surface area contributed by atoms with Gasteiger partial charge in [-0.05, 0) is 54.1 Å². The number of rotatable bonds is 5. The second-order valence-corrected chi connectivity index (χ2v) is 7.93. The van der Waals surface area contributed by atoms with E-state index >= 15 is 0 Å². The highest BCUT2D eigenvalue weighted by Gasteiger charge is 2.42. The van der Waals surface area contributed by atoms with Crippen LogP contribution in [0.5, 0.6) is 11.5 Å². The molecule has 1 heterocycles. The van der Waals surface area contributed by atoms with E-state index in [1.807, 2.05) is 48.5 Å². The molecule has 2 amide bonds. The summed E-state index contributed by atoms with van der Waals surface area (Å²) in [5.74, 6) is 0.815. The van der Waals surface area contributed by atoms with Crippen molar-refractivity contribution in [2.75, 3.05) is 30.6 Å². The Hall–Kier alpha value is -3.32. The third-order valence-electron chi connectivity index (χ3n) is 5.23. The molecule has 158 valence electrons. The van der Waals surface area contributed by atoms with Gasteiger partial charge >= 0.3 is 0 Å². The Morgan fingerprint density at radius 3 is 2.19 bits per heavy atom. The van der Waals surface area contributed by atoms with Gasteiger partial charge in [-0.1, -0.05) is 40.2 Å². The van der Waals surface area contributed by atoms with Crippen molar-refractivity contribution in [2.45, 2.75) is 6.04 Å². The minimum absolute atomic E-state index is 0.0814. The zero-order valence-corrected chi connectivity index (χ0v) is 18.7. The van der Waals surface area contributed by atoms with E-state index in [1.165, 1.54) is 4.90 Å². The number of para-hydroxylation sites is 2. The van der Waals surface area contributed by atoms with Gasteiger partial charge < -0.3 is 9.47 Å². The van der Waals surface area contributed by atoms with E-state index in [-0.39, 0.29) is 18.4 Å². The van der Waals surface area contributed by atoms with Crippen LogP contribution in [-0.4, -0.2) is 32.6 Å². The number of carbonyl (C=O) groups is 2. The van der Waals surface area contributed by atoms with Gasteiger partial charge in [0.15, 0.2) is 0 Å². The molecule has 4 rings (SSSR count). The van der Waals surface area contributed by atoms with Gasteiger partial charge in [-0.25, -0.2) is 0 Å². The molecule has 1 atom stereocenters. The van der Waals surface area contributed by atoms with Gasteiger partial charge in [-0.15, -0.1) is 0 Å². The number of carbonyl (C=O) groups excluding carboxylic acids is 2. The van der Waals surface area contributed by atoms with Crippen LogP contribution in [0.3, 0.4) is 0 Å². The van der Waals surface area contributed by atoms with Gasteiger partial charge in [0.25, 0.3) is 5.91 Å². The van der Waals surface area contributed by atoms with Crippen molar-refractivity contribution in [3.05, 3.63) is 82.8 Å². The SMILES string of the molecule is COc1ccc(C2C(=O)N(c3ccccc3OC)CC(=O)N2c2ccc(Br)cc2)cc1. The molecule has 1 saturated heterocycles. The molecule has 0 aliphatic carbocycles. The van der Waals surface area contributed by atoms with Crippen molar-refractivity contribution in [3.63, 3.8) is 0 Å². The first-order valence-corrected chi connectivity index (χ1v) is 10.5. The molecule has 0 N–H and O–H groups in total. The molecule has 3 aromatic rings. The molecule has 6 nitrogen and oxygen atoms in total. The van der Waals surface area contributed by atoms with Crippen LogP contribution >= 0.6 is 15.9 Å². The Labute approximate surface area is 189 Å². The molecule has 7 heteroatoms. The minimum atomic E-state index is -0.821. The molecule has 0 saturated carbocycles. The summed E-state index contributed by atoms with van der Waals surface area (Å²) in [7, 11) is 3.13. The zero-order valence-electron chi connectivity index (χ0n) is 17.1. The Balaban J connectivity index is 1.82. The molecule has 3 aromatic carbocycles. The van der Waals surface area contributed by atoms with E-state index in [1.54, 1.807) is 43.4 Å². The van der Waals surface area contributed by atoms with Crippen LogP contribution in [0.4, 0.5) is 11.4 Å². The summed E-state index contributed by atoms with van der Waals surface area (Å²) in [6.07, 6.45) is 0. The Kier molecular flexibility index (Phi) is 5.95. The standard InChI is InChI=1S/C24H21BrN2O4/c1-30-19-13-7-16(8-14-19)23-24(29)26(20-5-3-4-6-21(20)31-2)15-22(28)27(23)18-11-9-17(25)10-12-18/h3-14,23H,15H2,1-2H3.